The number of hydrogen-bond donors (Lipinski definition) is 3. The Morgan fingerprint density at radius 3 is 2.59 bits per heavy atom. The lowest BCUT2D eigenvalue weighted by Gasteiger charge is -2.31. The fraction of sp³-hybridized carbons (Fsp3) is 0.458. The number of carbonyl (C=O) groups is 3. The van der Waals surface area contributed by atoms with Crippen LogP contribution in [-0.2, 0) is 11.3 Å². The van der Waals surface area contributed by atoms with Crippen molar-refractivity contribution in [3.8, 4) is 10.4 Å². The van der Waals surface area contributed by atoms with Crippen LogP contribution in [0.15, 0.2) is 30.3 Å². The summed E-state index contributed by atoms with van der Waals surface area (Å²) in [6.07, 6.45) is 4.65. The second-order valence-electron chi connectivity index (χ2n) is 8.83. The Bertz CT molecular complexity index is 1050. The fourth-order valence-electron chi connectivity index (χ4n) is 4.55. The average molecular weight is 486 g/mol. The van der Waals surface area contributed by atoms with Gasteiger partial charge in [-0.05, 0) is 62.0 Å². The van der Waals surface area contributed by atoms with Crippen molar-refractivity contribution in [2.24, 2.45) is 11.5 Å². The van der Waals surface area contributed by atoms with E-state index in [1.54, 1.807) is 6.07 Å². The number of benzene rings is 1. The van der Waals surface area contributed by atoms with Crippen LogP contribution in [0.2, 0.25) is 0 Å². The van der Waals surface area contributed by atoms with E-state index in [-0.39, 0.29) is 11.4 Å². The summed E-state index contributed by atoms with van der Waals surface area (Å²) in [7, 11) is 0. The molecule has 10 heteroatoms. The molecule has 34 heavy (non-hydrogen) atoms. The number of anilines is 1. The molecule has 0 aliphatic carbocycles. The van der Waals surface area contributed by atoms with Crippen molar-refractivity contribution in [3.63, 3.8) is 0 Å². The molecule has 1 aromatic heterocycles. The SMILES string of the molecule is NC(=O)Nc1cc(-c2cccc(CN3CCCCC3)c2)sc1C(=O)OC1CCCN(C(N)=O)C1. The van der Waals surface area contributed by atoms with E-state index in [1.807, 2.05) is 12.1 Å². The first-order valence-corrected chi connectivity index (χ1v) is 12.5. The maximum atomic E-state index is 13.0. The molecule has 4 amide bonds. The van der Waals surface area contributed by atoms with Crippen molar-refractivity contribution in [2.75, 3.05) is 31.5 Å². The third kappa shape index (κ3) is 6.06. The summed E-state index contributed by atoms with van der Waals surface area (Å²) in [5.74, 6) is -0.555. The number of piperidine rings is 2. The summed E-state index contributed by atoms with van der Waals surface area (Å²) in [5, 5.41) is 2.54. The zero-order valence-corrected chi connectivity index (χ0v) is 19.9. The van der Waals surface area contributed by atoms with Gasteiger partial charge in [-0.3, -0.25) is 4.90 Å². The van der Waals surface area contributed by atoms with E-state index in [9.17, 15) is 14.4 Å². The quantitative estimate of drug-likeness (QED) is 0.538. The second kappa shape index (κ2) is 10.9. The molecule has 2 aliphatic rings. The maximum absolute atomic E-state index is 13.0. The molecular weight excluding hydrogens is 454 g/mol. The van der Waals surface area contributed by atoms with Gasteiger partial charge in [-0.2, -0.15) is 0 Å². The van der Waals surface area contributed by atoms with Crippen LogP contribution in [0.5, 0.6) is 0 Å². The highest BCUT2D eigenvalue weighted by Gasteiger charge is 2.28. The van der Waals surface area contributed by atoms with Crippen LogP contribution < -0.4 is 16.8 Å². The van der Waals surface area contributed by atoms with Crippen molar-refractivity contribution in [3.05, 3.63) is 40.8 Å². The normalized spacial score (nSPS) is 18.9. The number of hydrogen-bond acceptors (Lipinski definition) is 6. The van der Waals surface area contributed by atoms with Gasteiger partial charge in [0.15, 0.2) is 0 Å². The number of esters is 1. The predicted molar refractivity (Wildman–Crippen MR) is 132 cm³/mol. The molecule has 0 spiro atoms. The third-order valence-corrected chi connectivity index (χ3v) is 7.37. The predicted octanol–water partition coefficient (Wildman–Crippen LogP) is 3.59. The van der Waals surface area contributed by atoms with E-state index in [1.165, 1.54) is 41.1 Å². The first-order valence-electron chi connectivity index (χ1n) is 11.7. The Kier molecular flexibility index (Phi) is 7.69. The monoisotopic (exact) mass is 485 g/mol. The van der Waals surface area contributed by atoms with E-state index in [0.717, 1.165) is 30.1 Å². The molecule has 1 aromatic carbocycles. The van der Waals surface area contributed by atoms with Gasteiger partial charge >= 0.3 is 18.0 Å². The third-order valence-electron chi connectivity index (χ3n) is 6.21. The number of urea groups is 2. The van der Waals surface area contributed by atoms with Crippen LogP contribution in [0.4, 0.5) is 15.3 Å². The molecule has 182 valence electrons. The molecule has 2 saturated heterocycles. The number of nitrogens with one attached hydrogen (secondary N) is 1. The van der Waals surface area contributed by atoms with Gasteiger partial charge < -0.3 is 26.4 Å². The van der Waals surface area contributed by atoms with Crippen LogP contribution in [0.1, 0.15) is 47.3 Å². The topological polar surface area (TPSA) is 131 Å². The smallest absolute Gasteiger partial charge is 0.350 e. The van der Waals surface area contributed by atoms with E-state index in [0.29, 0.717) is 25.1 Å². The van der Waals surface area contributed by atoms with Gasteiger partial charge in [0.05, 0.1) is 12.2 Å². The second-order valence-corrected chi connectivity index (χ2v) is 9.89. The van der Waals surface area contributed by atoms with Gasteiger partial charge in [0.2, 0.25) is 0 Å². The van der Waals surface area contributed by atoms with Crippen molar-refractivity contribution < 1.29 is 19.1 Å². The Labute approximate surface area is 203 Å². The van der Waals surface area contributed by atoms with E-state index in [4.69, 9.17) is 16.2 Å². The number of thiophene rings is 1. The number of carbonyl (C=O) groups excluding carboxylic acids is 3. The summed E-state index contributed by atoms with van der Waals surface area (Å²) in [4.78, 5) is 41.1. The summed E-state index contributed by atoms with van der Waals surface area (Å²) in [6, 6.07) is 8.69. The number of primary amides is 2. The van der Waals surface area contributed by atoms with Crippen LogP contribution in [0.25, 0.3) is 10.4 Å². The zero-order chi connectivity index (χ0) is 24.1. The molecule has 1 atom stereocenters. The lowest BCUT2D eigenvalue weighted by atomic mass is 10.1. The summed E-state index contributed by atoms with van der Waals surface area (Å²) in [6.45, 7) is 3.92. The van der Waals surface area contributed by atoms with Gasteiger partial charge in [0, 0.05) is 18.0 Å². The van der Waals surface area contributed by atoms with E-state index in [2.05, 4.69) is 22.3 Å². The largest absolute Gasteiger partial charge is 0.456 e. The standard InChI is InChI=1S/C24H31N5O4S/c25-23(31)27-19-13-20(17-7-4-6-16(12-17)14-28-9-2-1-3-10-28)34-21(19)22(30)33-18-8-5-11-29(15-18)24(26)32/h4,6-7,12-13,18H,1-3,5,8-11,14-15H2,(H2,26,32)(H3,25,27,31). The number of nitrogens with zero attached hydrogens (tertiary/aromatic N) is 2. The first-order chi connectivity index (χ1) is 16.4. The Morgan fingerprint density at radius 2 is 1.85 bits per heavy atom. The van der Waals surface area contributed by atoms with Crippen LogP contribution in [-0.4, -0.2) is 60.1 Å². The van der Waals surface area contributed by atoms with Crippen LogP contribution in [0, 0.1) is 0 Å². The highest BCUT2D eigenvalue weighted by molar-refractivity contribution is 7.18. The molecule has 0 bridgehead atoms. The minimum Gasteiger partial charge on any atom is -0.456 e. The van der Waals surface area contributed by atoms with Gasteiger partial charge in [-0.25, -0.2) is 14.4 Å². The lowest BCUT2D eigenvalue weighted by Crippen LogP contribution is -2.46. The molecule has 5 N–H and O–H groups in total. The van der Waals surface area contributed by atoms with E-state index >= 15 is 0 Å². The van der Waals surface area contributed by atoms with Crippen molar-refractivity contribution in [1.29, 1.82) is 0 Å². The maximum Gasteiger partial charge on any atom is 0.350 e. The van der Waals surface area contributed by atoms with Crippen LogP contribution >= 0.6 is 11.3 Å². The Morgan fingerprint density at radius 1 is 1.06 bits per heavy atom. The van der Waals surface area contributed by atoms with Crippen LogP contribution in [0.3, 0.4) is 0 Å². The molecule has 0 saturated carbocycles. The average Bonchev–Trinajstić information content (AvgIpc) is 3.23. The van der Waals surface area contributed by atoms with Crippen molar-refractivity contribution >= 4 is 35.1 Å². The van der Waals surface area contributed by atoms with Gasteiger partial charge in [-0.15, -0.1) is 11.3 Å². The minimum atomic E-state index is -0.755. The number of likely N-dealkylation sites (tertiary alicyclic amines) is 2. The molecule has 2 aromatic rings. The van der Waals surface area contributed by atoms with E-state index < -0.39 is 24.1 Å². The summed E-state index contributed by atoms with van der Waals surface area (Å²) < 4.78 is 5.68. The summed E-state index contributed by atoms with van der Waals surface area (Å²) >= 11 is 1.25. The number of nitrogens with two attached hydrogens (primary N) is 2. The molecule has 2 aliphatic heterocycles. The molecule has 9 nitrogen and oxygen atoms in total. The molecule has 2 fully saturated rings. The molecule has 1 unspecified atom stereocenters. The number of ether oxygens (including phenoxy) is 1. The highest BCUT2D eigenvalue weighted by atomic mass is 32.1. The number of amides is 4. The Balaban J connectivity index is 1.52. The van der Waals surface area contributed by atoms with Crippen molar-refractivity contribution in [1.82, 2.24) is 9.80 Å². The van der Waals surface area contributed by atoms with Gasteiger partial charge in [0.1, 0.15) is 11.0 Å². The molecular formula is C24H31N5O4S. The molecule has 0 radical (unpaired) electrons. The fourth-order valence-corrected chi connectivity index (χ4v) is 5.54. The number of rotatable bonds is 6. The summed E-state index contributed by atoms with van der Waals surface area (Å²) in [5.41, 5.74) is 13.2. The van der Waals surface area contributed by atoms with Crippen molar-refractivity contribution in [2.45, 2.75) is 44.8 Å². The van der Waals surface area contributed by atoms with Gasteiger partial charge in [-0.1, -0.05) is 24.6 Å². The highest BCUT2D eigenvalue weighted by Crippen LogP contribution is 2.36. The lowest BCUT2D eigenvalue weighted by molar-refractivity contribution is 0.0134. The Hall–Kier alpha value is -3.11. The minimum absolute atomic E-state index is 0.260. The zero-order valence-electron chi connectivity index (χ0n) is 19.1. The van der Waals surface area contributed by atoms with Gasteiger partial charge in [0.25, 0.3) is 0 Å². The first kappa shape index (κ1) is 24.0. The molecule has 4 rings (SSSR count). The molecule has 3 heterocycles.